The first-order valence-corrected chi connectivity index (χ1v) is 4.75. The molecule has 0 saturated heterocycles. The van der Waals surface area contributed by atoms with Crippen LogP contribution in [-0.4, -0.2) is 15.9 Å². The molecule has 17 heavy (non-hydrogen) atoms. The molecule has 1 amide bonds. The molecule has 5 heteroatoms. The fourth-order valence-corrected chi connectivity index (χ4v) is 0.937. The van der Waals surface area contributed by atoms with E-state index in [0.29, 0.717) is 11.3 Å². The van der Waals surface area contributed by atoms with Gasteiger partial charge >= 0.3 is 0 Å². The number of rotatable bonds is 1. The highest BCUT2D eigenvalue weighted by atomic mass is 16.1. The third-order valence-corrected chi connectivity index (χ3v) is 1.73. The highest BCUT2D eigenvalue weighted by Crippen LogP contribution is 1.91. The van der Waals surface area contributed by atoms with Crippen molar-refractivity contribution in [2.75, 3.05) is 0 Å². The van der Waals surface area contributed by atoms with E-state index in [1.165, 1.54) is 6.20 Å². The number of hydrogen-bond acceptors (Lipinski definition) is 4. The van der Waals surface area contributed by atoms with Crippen molar-refractivity contribution in [1.29, 1.82) is 5.26 Å². The van der Waals surface area contributed by atoms with Crippen LogP contribution in [0, 0.1) is 11.3 Å². The van der Waals surface area contributed by atoms with Gasteiger partial charge in [-0.25, -0.2) is 4.98 Å². The molecule has 0 radical (unpaired) electrons. The Kier molecular flexibility index (Phi) is 4.85. The molecule has 0 fully saturated rings. The fourth-order valence-electron chi connectivity index (χ4n) is 0.937. The third kappa shape index (κ3) is 4.53. The molecule has 2 aromatic rings. The molecule has 0 aliphatic rings. The van der Waals surface area contributed by atoms with Crippen LogP contribution in [0.3, 0.4) is 0 Å². The number of nitrogens with zero attached hydrogens (tertiary/aromatic N) is 3. The highest BCUT2D eigenvalue weighted by Gasteiger charge is 1.94. The second-order valence-corrected chi connectivity index (χ2v) is 2.93. The first kappa shape index (κ1) is 12.3. The summed E-state index contributed by atoms with van der Waals surface area (Å²) in [6.07, 6.45) is 4.62. The molecule has 2 rings (SSSR count). The Hall–Kier alpha value is -2.74. The normalized spacial score (nSPS) is 8.41. The second kappa shape index (κ2) is 6.69. The minimum absolute atomic E-state index is 0.442. The van der Waals surface area contributed by atoms with Crippen LogP contribution in [0.4, 0.5) is 0 Å². The van der Waals surface area contributed by atoms with E-state index in [0.717, 1.165) is 0 Å². The van der Waals surface area contributed by atoms with Crippen LogP contribution in [0.25, 0.3) is 0 Å². The molecule has 2 aromatic heterocycles. The molecule has 2 N–H and O–H groups in total. The van der Waals surface area contributed by atoms with Crippen LogP contribution in [0.1, 0.15) is 16.1 Å². The third-order valence-electron chi connectivity index (χ3n) is 1.73. The van der Waals surface area contributed by atoms with E-state index >= 15 is 0 Å². The van der Waals surface area contributed by atoms with E-state index in [2.05, 4.69) is 9.97 Å². The van der Waals surface area contributed by atoms with Crippen LogP contribution >= 0.6 is 0 Å². The lowest BCUT2D eigenvalue weighted by Gasteiger charge is -1.88. The number of nitriles is 1. The van der Waals surface area contributed by atoms with E-state index in [9.17, 15) is 4.79 Å². The minimum Gasteiger partial charge on any atom is -0.366 e. The maximum atomic E-state index is 10.4. The summed E-state index contributed by atoms with van der Waals surface area (Å²) in [4.78, 5) is 17.8. The number of amides is 1. The fraction of sp³-hybridized carbons (Fsp3) is 0. The predicted molar refractivity (Wildman–Crippen MR) is 61.7 cm³/mol. The van der Waals surface area contributed by atoms with Crippen molar-refractivity contribution in [2.45, 2.75) is 0 Å². The van der Waals surface area contributed by atoms with Gasteiger partial charge in [0, 0.05) is 18.6 Å². The summed E-state index contributed by atoms with van der Waals surface area (Å²) in [5.41, 5.74) is 5.84. The smallest absolute Gasteiger partial charge is 0.250 e. The maximum Gasteiger partial charge on any atom is 0.250 e. The Morgan fingerprint density at radius 2 is 2.06 bits per heavy atom. The maximum absolute atomic E-state index is 10.4. The van der Waals surface area contributed by atoms with Gasteiger partial charge in [0.1, 0.15) is 11.8 Å². The standard InChI is InChI=1S/C6H6N2O.C6H4N2/c7-6(9)5-2-1-3-8-4-5;7-5-6-3-1-2-4-8-6/h1-4H,(H2,7,9);1-4H. The number of primary amides is 1. The molecular weight excluding hydrogens is 216 g/mol. The average Bonchev–Trinajstić information content (AvgIpc) is 2.41. The number of carbonyl (C=O) groups is 1. The number of carbonyl (C=O) groups excluding carboxylic acids is 1. The first-order chi connectivity index (χ1) is 8.24. The van der Waals surface area contributed by atoms with E-state index in [-0.39, 0.29) is 0 Å². The van der Waals surface area contributed by atoms with Gasteiger partial charge in [0.05, 0.1) is 5.56 Å². The van der Waals surface area contributed by atoms with Gasteiger partial charge in [-0.15, -0.1) is 0 Å². The van der Waals surface area contributed by atoms with Gasteiger partial charge < -0.3 is 5.73 Å². The quantitative estimate of drug-likeness (QED) is 0.788. The number of aromatic nitrogens is 2. The molecule has 0 atom stereocenters. The molecular formula is C12H10N4O. The van der Waals surface area contributed by atoms with Crippen LogP contribution < -0.4 is 5.73 Å². The first-order valence-electron chi connectivity index (χ1n) is 4.75. The lowest BCUT2D eigenvalue weighted by Crippen LogP contribution is -2.10. The molecule has 0 aliphatic heterocycles. The van der Waals surface area contributed by atoms with Gasteiger partial charge in [0.2, 0.25) is 5.91 Å². The SMILES string of the molecule is N#Cc1ccccn1.NC(=O)c1cccnc1. The lowest BCUT2D eigenvalue weighted by molar-refractivity contribution is 0.1000. The van der Waals surface area contributed by atoms with Crippen molar-refractivity contribution in [3.8, 4) is 6.07 Å². The Balaban J connectivity index is 0.000000171. The molecule has 0 saturated carbocycles. The van der Waals surface area contributed by atoms with Gasteiger partial charge in [-0.2, -0.15) is 5.26 Å². The Morgan fingerprint density at radius 1 is 1.24 bits per heavy atom. The van der Waals surface area contributed by atoms with E-state index in [4.69, 9.17) is 11.0 Å². The van der Waals surface area contributed by atoms with Crippen molar-refractivity contribution in [3.05, 3.63) is 60.2 Å². The van der Waals surface area contributed by atoms with Gasteiger partial charge in [-0.05, 0) is 24.3 Å². The largest absolute Gasteiger partial charge is 0.366 e. The zero-order valence-electron chi connectivity index (χ0n) is 8.95. The lowest BCUT2D eigenvalue weighted by atomic mass is 10.3. The molecule has 0 unspecified atom stereocenters. The Bertz CT molecular complexity index is 505. The van der Waals surface area contributed by atoms with E-state index < -0.39 is 5.91 Å². The highest BCUT2D eigenvalue weighted by molar-refractivity contribution is 5.92. The second-order valence-electron chi connectivity index (χ2n) is 2.93. The summed E-state index contributed by atoms with van der Waals surface area (Å²) in [7, 11) is 0. The summed E-state index contributed by atoms with van der Waals surface area (Å²) in [6.45, 7) is 0. The van der Waals surface area contributed by atoms with Crippen molar-refractivity contribution >= 4 is 5.91 Å². The number of nitrogens with two attached hydrogens (primary N) is 1. The Morgan fingerprint density at radius 3 is 2.41 bits per heavy atom. The molecule has 84 valence electrons. The Labute approximate surface area is 98.6 Å². The minimum atomic E-state index is -0.442. The monoisotopic (exact) mass is 226 g/mol. The van der Waals surface area contributed by atoms with Gasteiger partial charge in [0.15, 0.2) is 0 Å². The molecule has 5 nitrogen and oxygen atoms in total. The average molecular weight is 226 g/mol. The molecule has 0 spiro atoms. The van der Waals surface area contributed by atoms with Crippen molar-refractivity contribution < 1.29 is 4.79 Å². The summed E-state index contributed by atoms with van der Waals surface area (Å²) in [5.74, 6) is -0.442. The van der Waals surface area contributed by atoms with Gasteiger partial charge in [-0.3, -0.25) is 9.78 Å². The summed E-state index contributed by atoms with van der Waals surface area (Å²) in [6, 6.07) is 10.4. The summed E-state index contributed by atoms with van der Waals surface area (Å²) < 4.78 is 0. The topological polar surface area (TPSA) is 92.7 Å². The van der Waals surface area contributed by atoms with Crippen LogP contribution in [0.15, 0.2) is 48.9 Å². The van der Waals surface area contributed by atoms with Gasteiger partial charge in [0.25, 0.3) is 0 Å². The van der Waals surface area contributed by atoms with Crippen LogP contribution in [0.5, 0.6) is 0 Å². The molecule has 2 heterocycles. The van der Waals surface area contributed by atoms with E-state index in [1.807, 2.05) is 6.07 Å². The molecule has 0 aliphatic carbocycles. The van der Waals surface area contributed by atoms with E-state index in [1.54, 1.807) is 42.7 Å². The summed E-state index contributed by atoms with van der Waals surface area (Å²) >= 11 is 0. The van der Waals surface area contributed by atoms with Crippen LogP contribution in [0.2, 0.25) is 0 Å². The predicted octanol–water partition coefficient (Wildman–Crippen LogP) is 1.13. The zero-order valence-corrected chi connectivity index (χ0v) is 8.95. The molecule has 0 aromatic carbocycles. The van der Waals surface area contributed by atoms with Gasteiger partial charge in [-0.1, -0.05) is 6.07 Å². The van der Waals surface area contributed by atoms with Crippen molar-refractivity contribution in [1.82, 2.24) is 9.97 Å². The van der Waals surface area contributed by atoms with Crippen molar-refractivity contribution in [3.63, 3.8) is 0 Å². The number of pyridine rings is 2. The molecule has 0 bridgehead atoms. The summed E-state index contributed by atoms with van der Waals surface area (Å²) in [5, 5.41) is 8.23. The van der Waals surface area contributed by atoms with Crippen LogP contribution in [-0.2, 0) is 0 Å². The zero-order chi connectivity index (χ0) is 12.5. The van der Waals surface area contributed by atoms with Crippen molar-refractivity contribution in [2.24, 2.45) is 5.73 Å². The number of hydrogen-bond donors (Lipinski definition) is 1.